The monoisotopic (exact) mass is 209 g/mol. The van der Waals surface area contributed by atoms with Crippen LogP contribution in [-0.2, 0) is 4.74 Å². The first-order valence-corrected chi connectivity index (χ1v) is 6.68. The second kappa shape index (κ2) is 4.06. The lowest BCUT2D eigenvalue weighted by molar-refractivity contribution is -0.118. The summed E-state index contributed by atoms with van der Waals surface area (Å²) in [6.45, 7) is 6.05. The molecule has 2 saturated heterocycles. The lowest BCUT2D eigenvalue weighted by Crippen LogP contribution is -2.42. The number of nitrogens with zero attached hydrogens (tertiary/aromatic N) is 1. The Labute approximate surface area is 93.0 Å². The lowest BCUT2D eigenvalue weighted by Gasteiger charge is -2.39. The lowest BCUT2D eigenvalue weighted by atomic mass is 9.85. The van der Waals surface area contributed by atoms with Crippen molar-refractivity contribution in [3.05, 3.63) is 0 Å². The second-order valence-electron chi connectivity index (χ2n) is 5.80. The van der Waals surface area contributed by atoms with Crippen LogP contribution in [0.15, 0.2) is 0 Å². The van der Waals surface area contributed by atoms with Crippen LogP contribution in [0, 0.1) is 11.8 Å². The largest absolute Gasteiger partial charge is 0.377 e. The van der Waals surface area contributed by atoms with E-state index in [1.54, 1.807) is 0 Å². The molecule has 2 heteroatoms. The average molecular weight is 209 g/mol. The van der Waals surface area contributed by atoms with Crippen LogP contribution in [0.25, 0.3) is 0 Å². The van der Waals surface area contributed by atoms with Crippen LogP contribution in [0.5, 0.6) is 0 Å². The summed E-state index contributed by atoms with van der Waals surface area (Å²) in [6.07, 6.45) is 7.70. The summed E-state index contributed by atoms with van der Waals surface area (Å²) in [4.78, 5) is 2.71. The van der Waals surface area contributed by atoms with E-state index in [1.165, 1.54) is 45.2 Å². The van der Waals surface area contributed by atoms with Crippen LogP contribution in [0.2, 0.25) is 0 Å². The Morgan fingerprint density at radius 3 is 2.33 bits per heavy atom. The molecule has 15 heavy (non-hydrogen) atoms. The van der Waals surface area contributed by atoms with Gasteiger partial charge in [-0.1, -0.05) is 6.92 Å². The zero-order valence-electron chi connectivity index (χ0n) is 9.82. The fourth-order valence-corrected chi connectivity index (χ4v) is 3.05. The van der Waals surface area contributed by atoms with Crippen molar-refractivity contribution in [1.82, 2.24) is 4.90 Å². The van der Waals surface area contributed by atoms with Crippen molar-refractivity contribution in [2.24, 2.45) is 11.8 Å². The Hall–Kier alpha value is -0.0800. The fraction of sp³-hybridized carbons (Fsp3) is 1.00. The number of piperidine rings is 1. The summed E-state index contributed by atoms with van der Waals surface area (Å²) in [5.41, 5.74) is 0. The van der Waals surface area contributed by atoms with Crippen molar-refractivity contribution in [2.75, 3.05) is 19.7 Å². The zero-order valence-corrected chi connectivity index (χ0v) is 9.82. The van der Waals surface area contributed by atoms with Gasteiger partial charge in [0.1, 0.15) is 0 Å². The maximum absolute atomic E-state index is 5.62. The molecule has 2 aliphatic heterocycles. The van der Waals surface area contributed by atoms with E-state index >= 15 is 0 Å². The van der Waals surface area contributed by atoms with Crippen molar-refractivity contribution in [2.45, 2.75) is 51.2 Å². The highest BCUT2D eigenvalue weighted by Gasteiger charge is 2.35. The van der Waals surface area contributed by atoms with Gasteiger partial charge in [-0.3, -0.25) is 0 Å². The Balaban J connectivity index is 1.41. The number of hydrogen-bond donors (Lipinski definition) is 0. The molecule has 2 nitrogen and oxygen atoms in total. The van der Waals surface area contributed by atoms with Crippen LogP contribution in [-0.4, -0.2) is 36.7 Å². The molecule has 1 unspecified atom stereocenters. The molecular formula is C13H23NO. The van der Waals surface area contributed by atoms with Crippen LogP contribution < -0.4 is 0 Å². The highest BCUT2D eigenvalue weighted by Crippen LogP contribution is 2.34. The van der Waals surface area contributed by atoms with Gasteiger partial charge in [-0.05, 0) is 51.1 Å². The van der Waals surface area contributed by atoms with Gasteiger partial charge < -0.3 is 9.64 Å². The van der Waals surface area contributed by atoms with Crippen molar-refractivity contribution in [1.29, 1.82) is 0 Å². The fourth-order valence-electron chi connectivity index (χ4n) is 3.05. The molecule has 2 atom stereocenters. The second-order valence-corrected chi connectivity index (χ2v) is 5.80. The molecule has 0 aromatic heterocycles. The van der Waals surface area contributed by atoms with E-state index in [9.17, 15) is 0 Å². The first-order valence-electron chi connectivity index (χ1n) is 6.68. The molecule has 1 saturated carbocycles. The maximum Gasteiger partial charge on any atom is 0.0625 e. The zero-order chi connectivity index (χ0) is 10.3. The molecule has 0 N–H and O–H groups in total. The van der Waals surface area contributed by atoms with E-state index in [4.69, 9.17) is 4.74 Å². The number of likely N-dealkylation sites (tertiary alicyclic amines) is 1. The van der Waals surface area contributed by atoms with Gasteiger partial charge >= 0.3 is 0 Å². The molecule has 0 radical (unpaired) electrons. The first kappa shape index (κ1) is 10.1. The average Bonchev–Trinajstić information content (AvgIpc) is 3.08. The SMILES string of the molecule is C[C@@H]1COC1CC1CCN(C2CC2)CC1. The Kier molecular flexibility index (Phi) is 2.73. The molecular weight excluding hydrogens is 186 g/mol. The highest BCUT2D eigenvalue weighted by molar-refractivity contribution is 4.88. The normalized spacial score (nSPS) is 39.0. The third kappa shape index (κ3) is 2.21. The van der Waals surface area contributed by atoms with Crippen LogP contribution in [0.1, 0.15) is 39.0 Å². The smallest absolute Gasteiger partial charge is 0.0625 e. The molecule has 2 heterocycles. The number of rotatable bonds is 3. The standard InChI is InChI=1S/C13H23NO/c1-10-9-15-13(10)8-11-4-6-14(7-5-11)12-2-3-12/h10-13H,2-9H2,1H3/t10-,13?/m1/s1. The van der Waals surface area contributed by atoms with E-state index in [1.807, 2.05) is 0 Å². The van der Waals surface area contributed by atoms with Gasteiger partial charge in [-0.2, -0.15) is 0 Å². The van der Waals surface area contributed by atoms with Crippen LogP contribution >= 0.6 is 0 Å². The Morgan fingerprint density at radius 2 is 1.87 bits per heavy atom. The van der Waals surface area contributed by atoms with E-state index < -0.39 is 0 Å². The maximum atomic E-state index is 5.62. The van der Waals surface area contributed by atoms with Crippen LogP contribution in [0.3, 0.4) is 0 Å². The van der Waals surface area contributed by atoms with Crippen molar-refractivity contribution < 1.29 is 4.74 Å². The predicted octanol–water partition coefficient (Wildman–Crippen LogP) is 2.29. The molecule has 0 aromatic rings. The molecule has 0 bridgehead atoms. The minimum absolute atomic E-state index is 0.600. The third-order valence-electron chi connectivity index (χ3n) is 4.49. The summed E-state index contributed by atoms with van der Waals surface area (Å²) >= 11 is 0. The van der Waals surface area contributed by atoms with E-state index in [0.29, 0.717) is 6.10 Å². The molecule has 3 rings (SSSR count). The summed E-state index contributed by atoms with van der Waals surface area (Å²) in [7, 11) is 0. The number of hydrogen-bond acceptors (Lipinski definition) is 2. The minimum Gasteiger partial charge on any atom is -0.377 e. The van der Waals surface area contributed by atoms with Gasteiger partial charge in [0.2, 0.25) is 0 Å². The molecule has 0 amide bonds. The summed E-state index contributed by atoms with van der Waals surface area (Å²) in [5, 5.41) is 0. The molecule has 3 aliphatic rings. The van der Waals surface area contributed by atoms with Gasteiger partial charge in [0, 0.05) is 12.0 Å². The number of ether oxygens (including phenoxy) is 1. The van der Waals surface area contributed by atoms with Crippen molar-refractivity contribution in [3.8, 4) is 0 Å². The molecule has 86 valence electrons. The predicted molar refractivity (Wildman–Crippen MR) is 60.8 cm³/mol. The molecule has 1 aliphatic carbocycles. The summed E-state index contributed by atoms with van der Waals surface area (Å²) in [5.74, 6) is 1.78. The van der Waals surface area contributed by atoms with Crippen LogP contribution in [0.4, 0.5) is 0 Å². The molecule has 3 fully saturated rings. The van der Waals surface area contributed by atoms with Gasteiger partial charge in [-0.15, -0.1) is 0 Å². The third-order valence-corrected chi connectivity index (χ3v) is 4.49. The Morgan fingerprint density at radius 1 is 1.13 bits per heavy atom. The van der Waals surface area contributed by atoms with Gasteiger partial charge in [0.25, 0.3) is 0 Å². The van der Waals surface area contributed by atoms with Gasteiger partial charge in [0.05, 0.1) is 12.7 Å². The van der Waals surface area contributed by atoms with E-state index in [-0.39, 0.29) is 0 Å². The van der Waals surface area contributed by atoms with E-state index in [0.717, 1.165) is 24.5 Å². The Bertz CT molecular complexity index is 219. The summed E-state index contributed by atoms with van der Waals surface area (Å²) < 4.78 is 5.62. The summed E-state index contributed by atoms with van der Waals surface area (Å²) in [6, 6.07) is 0.977. The van der Waals surface area contributed by atoms with Crippen molar-refractivity contribution in [3.63, 3.8) is 0 Å². The van der Waals surface area contributed by atoms with Gasteiger partial charge in [-0.25, -0.2) is 0 Å². The molecule has 0 aromatic carbocycles. The van der Waals surface area contributed by atoms with E-state index in [2.05, 4.69) is 11.8 Å². The topological polar surface area (TPSA) is 12.5 Å². The first-order chi connectivity index (χ1) is 7.33. The minimum atomic E-state index is 0.600. The molecule has 0 spiro atoms. The highest BCUT2D eigenvalue weighted by atomic mass is 16.5. The quantitative estimate of drug-likeness (QED) is 0.707. The van der Waals surface area contributed by atoms with Gasteiger partial charge in [0.15, 0.2) is 0 Å². The van der Waals surface area contributed by atoms with Crippen molar-refractivity contribution >= 4 is 0 Å².